The molecule has 0 aliphatic heterocycles. The number of nitrogens with one attached hydrogen (secondary N) is 1. The summed E-state index contributed by atoms with van der Waals surface area (Å²) in [5, 5.41) is 3.34. The largest absolute Gasteiger partial charge is 0.481 e. The zero-order valence-electron chi connectivity index (χ0n) is 10.8. The van der Waals surface area contributed by atoms with Crippen molar-refractivity contribution in [1.82, 2.24) is 19.5 Å². The van der Waals surface area contributed by atoms with Crippen LogP contribution in [0.3, 0.4) is 0 Å². The molecule has 2 heterocycles. The van der Waals surface area contributed by atoms with Crippen LogP contribution in [-0.4, -0.2) is 32.7 Å². The standard InChI is InChI=1S/C12H17N5O/c1-9(6-17-5-4-13-8-17)16-11-10(2)12(18-3)15-7-14-11/h4-5,7-9H,6H2,1-3H3,(H,14,15,16). The number of nitrogens with zero attached hydrogens (tertiary/aromatic N) is 4. The van der Waals surface area contributed by atoms with Crippen molar-refractivity contribution < 1.29 is 4.74 Å². The lowest BCUT2D eigenvalue weighted by molar-refractivity contribution is 0.393. The molecule has 0 saturated heterocycles. The first kappa shape index (κ1) is 12.3. The quantitative estimate of drug-likeness (QED) is 0.867. The van der Waals surface area contributed by atoms with E-state index < -0.39 is 0 Å². The third kappa shape index (κ3) is 2.77. The molecule has 2 aromatic rings. The van der Waals surface area contributed by atoms with Crippen LogP contribution < -0.4 is 10.1 Å². The number of imidazole rings is 1. The normalized spacial score (nSPS) is 12.2. The lowest BCUT2D eigenvalue weighted by Crippen LogP contribution is -2.22. The summed E-state index contributed by atoms with van der Waals surface area (Å²) in [5.41, 5.74) is 0.914. The Labute approximate surface area is 106 Å². The van der Waals surface area contributed by atoms with Crippen LogP contribution in [0, 0.1) is 6.92 Å². The molecule has 1 unspecified atom stereocenters. The van der Waals surface area contributed by atoms with Crippen molar-refractivity contribution in [2.75, 3.05) is 12.4 Å². The maximum Gasteiger partial charge on any atom is 0.221 e. The third-order valence-corrected chi connectivity index (χ3v) is 2.66. The van der Waals surface area contributed by atoms with E-state index in [9.17, 15) is 0 Å². The van der Waals surface area contributed by atoms with Gasteiger partial charge in [-0.1, -0.05) is 0 Å². The molecule has 0 aliphatic rings. The molecule has 6 nitrogen and oxygen atoms in total. The molecule has 0 radical (unpaired) electrons. The van der Waals surface area contributed by atoms with Crippen LogP contribution in [0.5, 0.6) is 5.88 Å². The Morgan fingerprint density at radius 2 is 2.28 bits per heavy atom. The summed E-state index contributed by atoms with van der Waals surface area (Å²) in [7, 11) is 1.61. The topological polar surface area (TPSA) is 64.9 Å². The van der Waals surface area contributed by atoms with E-state index in [0.29, 0.717) is 5.88 Å². The molecular weight excluding hydrogens is 230 g/mol. The first-order chi connectivity index (χ1) is 8.70. The minimum absolute atomic E-state index is 0.234. The molecule has 96 valence electrons. The number of hydrogen-bond acceptors (Lipinski definition) is 5. The van der Waals surface area contributed by atoms with Gasteiger partial charge in [0, 0.05) is 25.0 Å². The van der Waals surface area contributed by atoms with Crippen molar-refractivity contribution in [2.24, 2.45) is 0 Å². The molecule has 1 atom stereocenters. The van der Waals surface area contributed by atoms with Gasteiger partial charge in [-0.25, -0.2) is 15.0 Å². The summed E-state index contributed by atoms with van der Waals surface area (Å²) >= 11 is 0. The highest BCUT2D eigenvalue weighted by molar-refractivity contribution is 5.48. The average molecular weight is 247 g/mol. The van der Waals surface area contributed by atoms with Gasteiger partial charge in [-0.3, -0.25) is 0 Å². The molecule has 18 heavy (non-hydrogen) atoms. The van der Waals surface area contributed by atoms with E-state index in [-0.39, 0.29) is 6.04 Å². The zero-order chi connectivity index (χ0) is 13.0. The number of ether oxygens (including phenoxy) is 1. The van der Waals surface area contributed by atoms with E-state index in [0.717, 1.165) is 17.9 Å². The van der Waals surface area contributed by atoms with Crippen molar-refractivity contribution in [3.63, 3.8) is 0 Å². The number of hydrogen-bond donors (Lipinski definition) is 1. The predicted octanol–water partition coefficient (Wildman–Crippen LogP) is 1.49. The van der Waals surface area contributed by atoms with E-state index in [4.69, 9.17) is 4.74 Å². The summed E-state index contributed by atoms with van der Waals surface area (Å²) in [6, 6.07) is 0.234. The monoisotopic (exact) mass is 247 g/mol. The summed E-state index contributed by atoms with van der Waals surface area (Å²) in [4.78, 5) is 12.3. The van der Waals surface area contributed by atoms with Gasteiger partial charge in [0.2, 0.25) is 5.88 Å². The fourth-order valence-electron chi connectivity index (χ4n) is 1.78. The Morgan fingerprint density at radius 3 is 2.94 bits per heavy atom. The first-order valence-corrected chi connectivity index (χ1v) is 5.78. The van der Waals surface area contributed by atoms with Crippen molar-refractivity contribution in [3.8, 4) is 5.88 Å². The molecule has 0 amide bonds. The van der Waals surface area contributed by atoms with Crippen LogP contribution in [0.25, 0.3) is 0 Å². The fourth-order valence-corrected chi connectivity index (χ4v) is 1.78. The molecule has 0 saturated carbocycles. The van der Waals surface area contributed by atoms with Crippen LogP contribution in [0.1, 0.15) is 12.5 Å². The van der Waals surface area contributed by atoms with E-state index >= 15 is 0 Å². The lowest BCUT2D eigenvalue weighted by Gasteiger charge is -2.17. The molecule has 2 aromatic heterocycles. The van der Waals surface area contributed by atoms with Gasteiger partial charge in [0.1, 0.15) is 12.1 Å². The van der Waals surface area contributed by atoms with Crippen molar-refractivity contribution in [1.29, 1.82) is 0 Å². The minimum atomic E-state index is 0.234. The van der Waals surface area contributed by atoms with Crippen LogP contribution in [-0.2, 0) is 6.54 Å². The van der Waals surface area contributed by atoms with Gasteiger partial charge >= 0.3 is 0 Å². The molecule has 0 aromatic carbocycles. The number of aromatic nitrogens is 4. The van der Waals surface area contributed by atoms with Crippen LogP contribution in [0.15, 0.2) is 25.0 Å². The van der Waals surface area contributed by atoms with Crippen LogP contribution in [0.2, 0.25) is 0 Å². The highest BCUT2D eigenvalue weighted by Gasteiger charge is 2.10. The van der Waals surface area contributed by atoms with Gasteiger partial charge in [0.25, 0.3) is 0 Å². The predicted molar refractivity (Wildman–Crippen MR) is 68.6 cm³/mol. The lowest BCUT2D eigenvalue weighted by atomic mass is 10.3. The summed E-state index contributed by atoms with van der Waals surface area (Å²) in [6.07, 6.45) is 7.00. The highest BCUT2D eigenvalue weighted by atomic mass is 16.5. The van der Waals surface area contributed by atoms with E-state index in [1.165, 1.54) is 6.33 Å². The zero-order valence-corrected chi connectivity index (χ0v) is 10.8. The van der Waals surface area contributed by atoms with E-state index in [1.54, 1.807) is 19.6 Å². The molecule has 6 heteroatoms. The Hall–Kier alpha value is -2.11. The van der Waals surface area contributed by atoms with Gasteiger partial charge in [0.05, 0.1) is 19.0 Å². The number of rotatable bonds is 5. The number of anilines is 1. The van der Waals surface area contributed by atoms with Gasteiger partial charge in [0.15, 0.2) is 0 Å². The second-order valence-corrected chi connectivity index (χ2v) is 4.16. The van der Waals surface area contributed by atoms with Gasteiger partial charge < -0.3 is 14.6 Å². The fraction of sp³-hybridized carbons (Fsp3) is 0.417. The van der Waals surface area contributed by atoms with Crippen molar-refractivity contribution in [3.05, 3.63) is 30.6 Å². The Bertz CT molecular complexity index is 497. The molecule has 0 aliphatic carbocycles. The maximum atomic E-state index is 5.17. The third-order valence-electron chi connectivity index (χ3n) is 2.66. The smallest absolute Gasteiger partial charge is 0.221 e. The minimum Gasteiger partial charge on any atom is -0.481 e. The Morgan fingerprint density at radius 1 is 1.44 bits per heavy atom. The Balaban J connectivity index is 2.05. The Kier molecular flexibility index (Phi) is 3.76. The summed E-state index contributed by atoms with van der Waals surface area (Å²) < 4.78 is 7.19. The molecular formula is C12H17N5O. The second kappa shape index (κ2) is 5.48. The summed E-state index contributed by atoms with van der Waals surface area (Å²) in [6.45, 7) is 4.85. The summed E-state index contributed by atoms with van der Waals surface area (Å²) in [5.74, 6) is 1.40. The van der Waals surface area contributed by atoms with Gasteiger partial charge in [-0.05, 0) is 13.8 Å². The maximum absolute atomic E-state index is 5.17. The van der Waals surface area contributed by atoms with E-state index in [2.05, 4.69) is 27.2 Å². The van der Waals surface area contributed by atoms with Gasteiger partial charge in [-0.2, -0.15) is 0 Å². The van der Waals surface area contributed by atoms with Crippen LogP contribution >= 0.6 is 0 Å². The van der Waals surface area contributed by atoms with Crippen molar-refractivity contribution in [2.45, 2.75) is 26.4 Å². The molecule has 0 fully saturated rings. The molecule has 0 bridgehead atoms. The molecule has 2 rings (SSSR count). The average Bonchev–Trinajstić information content (AvgIpc) is 2.84. The highest BCUT2D eigenvalue weighted by Crippen LogP contribution is 2.20. The molecule has 0 spiro atoms. The molecule has 1 N–H and O–H groups in total. The van der Waals surface area contributed by atoms with E-state index in [1.807, 2.05) is 17.7 Å². The first-order valence-electron chi connectivity index (χ1n) is 5.78. The van der Waals surface area contributed by atoms with Crippen molar-refractivity contribution >= 4 is 5.82 Å². The van der Waals surface area contributed by atoms with Crippen LogP contribution in [0.4, 0.5) is 5.82 Å². The number of methoxy groups -OCH3 is 1. The second-order valence-electron chi connectivity index (χ2n) is 4.16. The van der Waals surface area contributed by atoms with Gasteiger partial charge in [-0.15, -0.1) is 0 Å². The SMILES string of the molecule is COc1ncnc(NC(C)Cn2ccnc2)c1C.